The van der Waals surface area contributed by atoms with Gasteiger partial charge in [0.2, 0.25) is 17.0 Å². The fraction of sp³-hybridized carbons (Fsp3) is 0.500. The van der Waals surface area contributed by atoms with Gasteiger partial charge in [-0.15, -0.1) is 0 Å². The van der Waals surface area contributed by atoms with Crippen LogP contribution in [0.25, 0.3) is 0 Å². The van der Waals surface area contributed by atoms with Crippen molar-refractivity contribution < 1.29 is 9.72 Å². The Morgan fingerprint density at radius 3 is 2.84 bits per heavy atom. The summed E-state index contributed by atoms with van der Waals surface area (Å²) in [6, 6.07) is 0. The zero-order valence-corrected chi connectivity index (χ0v) is 11.3. The summed E-state index contributed by atoms with van der Waals surface area (Å²) in [5.74, 6) is -0.0331. The SMILES string of the molecule is CC(C)CNC(=O)CNc1nc(Cl)ncc1[N+](=O)[O-]. The fourth-order valence-electron chi connectivity index (χ4n) is 1.16. The summed E-state index contributed by atoms with van der Waals surface area (Å²) in [6.45, 7) is 4.33. The molecular formula is C10H14ClN5O3. The van der Waals surface area contributed by atoms with Crippen LogP contribution in [0.1, 0.15) is 13.8 Å². The largest absolute Gasteiger partial charge is 0.355 e. The van der Waals surface area contributed by atoms with Crippen molar-refractivity contribution in [3.63, 3.8) is 0 Å². The van der Waals surface area contributed by atoms with Gasteiger partial charge in [-0.25, -0.2) is 4.98 Å². The molecule has 0 atom stereocenters. The monoisotopic (exact) mass is 287 g/mol. The summed E-state index contributed by atoms with van der Waals surface area (Å²) in [4.78, 5) is 28.8. The van der Waals surface area contributed by atoms with E-state index in [0.717, 1.165) is 6.20 Å². The number of rotatable bonds is 6. The van der Waals surface area contributed by atoms with Crippen molar-refractivity contribution >= 4 is 29.0 Å². The quantitative estimate of drug-likeness (QED) is 0.462. The molecule has 0 aliphatic rings. The molecule has 0 aliphatic carbocycles. The third-order valence-electron chi connectivity index (χ3n) is 2.06. The van der Waals surface area contributed by atoms with Crippen LogP contribution in [0.4, 0.5) is 11.5 Å². The van der Waals surface area contributed by atoms with Gasteiger partial charge in [0, 0.05) is 6.54 Å². The van der Waals surface area contributed by atoms with Crippen LogP contribution in [0.2, 0.25) is 5.28 Å². The Labute approximate surface area is 114 Å². The summed E-state index contributed by atoms with van der Waals surface area (Å²) in [6.07, 6.45) is 0.990. The van der Waals surface area contributed by atoms with Crippen molar-refractivity contribution in [3.05, 3.63) is 21.6 Å². The third kappa shape index (κ3) is 5.04. The minimum atomic E-state index is -0.648. The van der Waals surface area contributed by atoms with Crippen LogP contribution in [0.15, 0.2) is 6.20 Å². The van der Waals surface area contributed by atoms with Crippen molar-refractivity contribution in [2.45, 2.75) is 13.8 Å². The second-order valence-corrected chi connectivity index (χ2v) is 4.52. The van der Waals surface area contributed by atoms with Gasteiger partial charge in [-0.1, -0.05) is 13.8 Å². The number of carbonyl (C=O) groups is 1. The van der Waals surface area contributed by atoms with Gasteiger partial charge in [0.05, 0.1) is 11.5 Å². The van der Waals surface area contributed by atoms with Gasteiger partial charge in [0.15, 0.2) is 0 Å². The Kier molecular flexibility index (Phi) is 5.43. The Balaban J connectivity index is 2.64. The smallest absolute Gasteiger partial charge is 0.329 e. The highest BCUT2D eigenvalue weighted by Crippen LogP contribution is 2.21. The lowest BCUT2D eigenvalue weighted by Gasteiger charge is -2.09. The molecule has 0 saturated heterocycles. The van der Waals surface area contributed by atoms with Crippen LogP contribution in [-0.2, 0) is 4.79 Å². The standard InChI is InChI=1S/C10H14ClN5O3/c1-6(2)3-12-8(17)5-13-9-7(16(18)19)4-14-10(11)15-9/h4,6H,3,5H2,1-2H3,(H,12,17)(H,13,14,15). The molecule has 8 nitrogen and oxygen atoms in total. The molecule has 0 aliphatic heterocycles. The van der Waals surface area contributed by atoms with E-state index in [-0.39, 0.29) is 29.2 Å². The Morgan fingerprint density at radius 2 is 2.26 bits per heavy atom. The van der Waals surface area contributed by atoms with Gasteiger partial charge in [-0.05, 0) is 17.5 Å². The highest BCUT2D eigenvalue weighted by molar-refractivity contribution is 6.28. The molecule has 9 heteroatoms. The van der Waals surface area contributed by atoms with Crippen LogP contribution in [-0.4, -0.2) is 33.9 Å². The Hall–Kier alpha value is -1.96. The number of hydrogen-bond donors (Lipinski definition) is 2. The third-order valence-corrected chi connectivity index (χ3v) is 2.24. The molecule has 0 spiro atoms. The van der Waals surface area contributed by atoms with Crippen LogP contribution in [0.3, 0.4) is 0 Å². The number of carbonyl (C=O) groups excluding carboxylic acids is 1. The first-order valence-electron chi connectivity index (χ1n) is 5.57. The van der Waals surface area contributed by atoms with Crippen LogP contribution in [0.5, 0.6) is 0 Å². The predicted molar refractivity (Wildman–Crippen MR) is 70.0 cm³/mol. The van der Waals surface area contributed by atoms with E-state index in [2.05, 4.69) is 20.6 Å². The number of nitro groups is 1. The minimum absolute atomic E-state index is 0.0790. The van der Waals surface area contributed by atoms with Crippen LogP contribution in [0, 0.1) is 16.0 Å². The minimum Gasteiger partial charge on any atom is -0.355 e. The van der Waals surface area contributed by atoms with E-state index in [1.54, 1.807) is 0 Å². The molecule has 0 saturated carbocycles. The van der Waals surface area contributed by atoms with Gasteiger partial charge >= 0.3 is 5.69 Å². The molecule has 1 rings (SSSR count). The maximum Gasteiger partial charge on any atom is 0.329 e. The molecule has 2 N–H and O–H groups in total. The van der Waals surface area contributed by atoms with Crippen LogP contribution >= 0.6 is 11.6 Å². The number of nitrogens with one attached hydrogen (secondary N) is 2. The maximum atomic E-state index is 11.5. The summed E-state index contributed by atoms with van der Waals surface area (Å²) >= 11 is 5.55. The van der Waals surface area contributed by atoms with E-state index in [4.69, 9.17) is 11.6 Å². The average Bonchev–Trinajstić information content (AvgIpc) is 2.33. The predicted octanol–water partition coefficient (Wildman–Crippen LogP) is 1.22. The van der Waals surface area contributed by atoms with Crippen molar-refractivity contribution in [1.82, 2.24) is 15.3 Å². The summed E-state index contributed by atoms with van der Waals surface area (Å²) in [5.41, 5.74) is -0.332. The molecule has 19 heavy (non-hydrogen) atoms. The average molecular weight is 288 g/mol. The lowest BCUT2D eigenvalue weighted by atomic mass is 10.2. The first kappa shape index (κ1) is 15.1. The van der Waals surface area contributed by atoms with Gasteiger partial charge < -0.3 is 10.6 Å². The molecule has 0 unspecified atom stereocenters. The molecule has 0 aromatic carbocycles. The summed E-state index contributed by atoms with van der Waals surface area (Å²) < 4.78 is 0. The highest BCUT2D eigenvalue weighted by Gasteiger charge is 2.17. The summed E-state index contributed by atoms with van der Waals surface area (Å²) in [5, 5.41) is 15.8. The van der Waals surface area contributed by atoms with E-state index in [9.17, 15) is 14.9 Å². The van der Waals surface area contributed by atoms with Gasteiger partial charge in [0.1, 0.15) is 6.20 Å². The molecule has 104 valence electrons. The lowest BCUT2D eigenvalue weighted by molar-refractivity contribution is -0.384. The summed E-state index contributed by atoms with van der Waals surface area (Å²) in [7, 11) is 0. The van der Waals surface area contributed by atoms with Gasteiger partial charge in [-0.2, -0.15) is 4.98 Å². The van der Waals surface area contributed by atoms with E-state index >= 15 is 0 Å². The van der Waals surface area contributed by atoms with Crippen LogP contribution < -0.4 is 10.6 Å². The number of hydrogen-bond acceptors (Lipinski definition) is 6. The zero-order valence-electron chi connectivity index (χ0n) is 10.5. The molecule has 0 bridgehead atoms. The van der Waals surface area contributed by atoms with Crippen molar-refractivity contribution in [3.8, 4) is 0 Å². The van der Waals surface area contributed by atoms with Crippen molar-refractivity contribution in [1.29, 1.82) is 0 Å². The Bertz CT molecular complexity index is 480. The molecule has 1 aromatic heterocycles. The molecule has 0 fully saturated rings. The molecule has 1 heterocycles. The second-order valence-electron chi connectivity index (χ2n) is 4.18. The topological polar surface area (TPSA) is 110 Å². The van der Waals surface area contributed by atoms with Crippen molar-refractivity contribution in [2.75, 3.05) is 18.4 Å². The first-order chi connectivity index (χ1) is 8.90. The molecule has 1 aromatic rings. The van der Waals surface area contributed by atoms with E-state index in [1.807, 2.05) is 13.8 Å². The Morgan fingerprint density at radius 1 is 1.58 bits per heavy atom. The second kappa shape index (κ2) is 6.83. The number of amides is 1. The maximum absolute atomic E-state index is 11.5. The normalized spacial score (nSPS) is 10.3. The van der Waals surface area contributed by atoms with E-state index in [0.29, 0.717) is 12.5 Å². The number of aromatic nitrogens is 2. The number of nitrogens with zero attached hydrogens (tertiary/aromatic N) is 3. The fourth-order valence-corrected chi connectivity index (χ4v) is 1.30. The van der Waals surface area contributed by atoms with E-state index < -0.39 is 4.92 Å². The molecular weight excluding hydrogens is 274 g/mol. The van der Waals surface area contributed by atoms with Crippen molar-refractivity contribution in [2.24, 2.45) is 5.92 Å². The molecule has 0 radical (unpaired) electrons. The molecule has 1 amide bonds. The first-order valence-corrected chi connectivity index (χ1v) is 5.95. The number of anilines is 1. The van der Waals surface area contributed by atoms with Gasteiger partial charge in [-0.3, -0.25) is 14.9 Å². The number of halogens is 1. The zero-order chi connectivity index (χ0) is 14.4. The lowest BCUT2D eigenvalue weighted by Crippen LogP contribution is -2.32. The van der Waals surface area contributed by atoms with E-state index in [1.165, 1.54) is 0 Å². The van der Waals surface area contributed by atoms with Gasteiger partial charge in [0.25, 0.3) is 0 Å². The highest BCUT2D eigenvalue weighted by atomic mass is 35.5.